The molecule has 3 heterocycles. The predicted octanol–water partition coefficient (Wildman–Crippen LogP) is 3.22. The van der Waals surface area contributed by atoms with Gasteiger partial charge in [0.15, 0.2) is 5.65 Å². The van der Waals surface area contributed by atoms with Gasteiger partial charge >= 0.3 is 0 Å². The number of nitrogens with one attached hydrogen (secondary N) is 1. The number of aliphatic hydroxyl groups is 1. The Kier molecular flexibility index (Phi) is 4.23. The average Bonchev–Trinajstić information content (AvgIpc) is 3.21. The number of nitrogens with zero attached hydrogens (tertiary/aromatic N) is 3. The van der Waals surface area contributed by atoms with Crippen LogP contribution in [0.3, 0.4) is 0 Å². The Morgan fingerprint density at radius 2 is 2.29 bits per heavy atom. The van der Waals surface area contributed by atoms with Gasteiger partial charge in [0.25, 0.3) is 0 Å². The zero-order valence-electron chi connectivity index (χ0n) is 15.7. The second-order valence-corrected chi connectivity index (χ2v) is 7.36. The van der Waals surface area contributed by atoms with E-state index in [9.17, 15) is 9.50 Å². The molecular weight excluding hydrogens is 361 g/mol. The quantitative estimate of drug-likeness (QED) is 0.585. The number of ether oxygens (including phenoxy) is 1. The number of anilines is 1. The van der Waals surface area contributed by atoms with Crippen molar-refractivity contribution in [2.45, 2.75) is 31.9 Å². The number of nitrogens with two attached hydrogens (primary N) is 1. The summed E-state index contributed by atoms with van der Waals surface area (Å²) in [4.78, 5) is 4.17. The summed E-state index contributed by atoms with van der Waals surface area (Å²) in [5.74, 6) is 0.771. The van der Waals surface area contributed by atoms with Gasteiger partial charge in [-0.25, -0.2) is 13.9 Å². The Morgan fingerprint density at radius 1 is 1.50 bits per heavy atom. The largest absolute Gasteiger partial charge is 0.506 e. The summed E-state index contributed by atoms with van der Waals surface area (Å²) in [6.07, 6.45) is 2.07. The van der Waals surface area contributed by atoms with Crippen LogP contribution in [0.5, 0.6) is 5.75 Å². The lowest BCUT2D eigenvalue weighted by atomic mass is 9.97. The van der Waals surface area contributed by atoms with Gasteiger partial charge in [-0.3, -0.25) is 0 Å². The minimum atomic E-state index is -0.533. The number of benzene rings is 1. The molecule has 0 saturated heterocycles. The Labute approximate surface area is 161 Å². The third kappa shape index (κ3) is 3.05. The van der Waals surface area contributed by atoms with Crippen LogP contribution in [-0.4, -0.2) is 31.9 Å². The third-order valence-electron chi connectivity index (χ3n) is 4.99. The van der Waals surface area contributed by atoms with Gasteiger partial charge in [0.1, 0.15) is 34.4 Å². The number of aromatic nitrogens is 3. The zero-order valence-corrected chi connectivity index (χ0v) is 15.7. The molecule has 4 rings (SSSR count). The molecular formula is C20H22FN5O2. The summed E-state index contributed by atoms with van der Waals surface area (Å²) in [5.41, 5.74) is 7.80. The van der Waals surface area contributed by atoms with E-state index < -0.39 is 5.60 Å². The molecule has 2 aromatic heterocycles. The normalized spacial score (nSPS) is 19.3. The van der Waals surface area contributed by atoms with Crippen LogP contribution in [0.2, 0.25) is 0 Å². The molecule has 3 aromatic rings. The van der Waals surface area contributed by atoms with Crippen molar-refractivity contribution in [1.29, 1.82) is 0 Å². The lowest BCUT2D eigenvalue weighted by molar-refractivity contribution is 0.124. The first-order valence-corrected chi connectivity index (χ1v) is 9.00. The second-order valence-electron chi connectivity index (χ2n) is 7.36. The van der Waals surface area contributed by atoms with Crippen LogP contribution in [0.4, 0.5) is 10.2 Å². The maximum Gasteiger partial charge on any atom is 0.154 e. The van der Waals surface area contributed by atoms with Crippen LogP contribution in [-0.2, 0) is 6.42 Å². The van der Waals surface area contributed by atoms with Crippen LogP contribution in [0, 0.1) is 5.82 Å². The summed E-state index contributed by atoms with van der Waals surface area (Å²) >= 11 is 0. The van der Waals surface area contributed by atoms with E-state index in [1.54, 1.807) is 12.1 Å². The van der Waals surface area contributed by atoms with Gasteiger partial charge in [-0.1, -0.05) is 6.58 Å². The van der Waals surface area contributed by atoms with Crippen molar-refractivity contribution in [1.82, 2.24) is 14.6 Å². The highest BCUT2D eigenvalue weighted by Crippen LogP contribution is 2.41. The standard InChI is InChI=1S/C20H22FN5O2/c1-11(15-7-14(21)6-13-8-20(3,10-22)28-19(13)15)24-17-4-5-18-23-9-16(12(2)27)26(18)25-17/h4-7,9,11,27H,2,8,10,22H2,1,3H3,(H,24,25)/t11-,20-/m1/s1. The molecule has 1 aliphatic heterocycles. The van der Waals surface area contributed by atoms with Crippen molar-refractivity contribution in [2.24, 2.45) is 5.73 Å². The number of imidazole rings is 1. The minimum absolute atomic E-state index is 0.123. The van der Waals surface area contributed by atoms with Crippen molar-refractivity contribution in [2.75, 3.05) is 11.9 Å². The number of hydrogen-bond donors (Lipinski definition) is 3. The van der Waals surface area contributed by atoms with E-state index in [0.717, 1.165) is 5.56 Å². The second kappa shape index (κ2) is 6.49. The van der Waals surface area contributed by atoms with E-state index in [1.807, 2.05) is 13.8 Å². The Balaban J connectivity index is 1.67. The van der Waals surface area contributed by atoms with Crippen molar-refractivity contribution >= 4 is 17.2 Å². The fourth-order valence-corrected chi connectivity index (χ4v) is 3.50. The van der Waals surface area contributed by atoms with Crippen molar-refractivity contribution in [3.8, 4) is 5.75 Å². The Bertz CT molecular complexity index is 1080. The lowest BCUT2D eigenvalue weighted by Crippen LogP contribution is -2.39. The van der Waals surface area contributed by atoms with Crippen LogP contribution in [0.25, 0.3) is 11.4 Å². The van der Waals surface area contributed by atoms with Crippen LogP contribution in [0.1, 0.15) is 36.7 Å². The molecule has 1 aromatic carbocycles. The molecule has 8 heteroatoms. The molecule has 1 aliphatic rings. The van der Waals surface area contributed by atoms with Crippen molar-refractivity contribution in [3.05, 3.63) is 59.7 Å². The van der Waals surface area contributed by atoms with E-state index in [2.05, 4.69) is 22.0 Å². The molecule has 0 aliphatic carbocycles. The first-order valence-electron chi connectivity index (χ1n) is 9.00. The van der Waals surface area contributed by atoms with Gasteiger partial charge in [0.2, 0.25) is 0 Å². The Hall–Kier alpha value is -3.13. The van der Waals surface area contributed by atoms with Crippen molar-refractivity contribution < 1.29 is 14.2 Å². The molecule has 0 saturated carbocycles. The molecule has 0 amide bonds. The van der Waals surface area contributed by atoms with E-state index in [4.69, 9.17) is 10.5 Å². The van der Waals surface area contributed by atoms with Crippen molar-refractivity contribution in [3.63, 3.8) is 0 Å². The van der Waals surface area contributed by atoms with E-state index in [0.29, 0.717) is 41.4 Å². The smallest absolute Gasteiger partial charge is 0.154 e. The van der Waals surface area contributed by atoms with E-state index >= 15 is 0 Å². The molecule has 0 fully saturated rings. The summed E-state index contributed by atoms with van der Waals surface area (Å²) in [6, 6.07) is 6.23. The lowest BCUT2D eigenvalue weighted by Gasteiger charge is -2.23. The van der Waals surface area contributed by atoms with Gasteiger partial charge in [0, 0.05) is 24.1 Å². The molecule has 7 nitrogen and oxygen atoms in total. The highest BCUT2D eigenvalue weighted by molar-refractivity contribution is 5.58. The summed E-state index contributed by atoms with van der Waals surface area (Å²) < 4.78 is 21.8. The minimum Gasteiger partial charge on any atom is -0.506 e. The summed E-state index contributed by atoms with van der Waals surface area (Å²) in [6.45, 7) is 7.69. The molecule has 0 radical (unpaired) electrons. The van der Waals surface area contributed by atoms with Crippen LogP contribution >= 0.6 is 0 Å². The van der Waals surface area contributed by atoms with Gasteiger partial charge < -0.3 is 20.9 Å². The number of halogens is 1. The topological polar surface area (TPSA) is 97.7 Å². The molecule has 4 N–H and O–H groups in total. The van der Waals surface area contributed by atoms with Gasteiger partial charge in [0.05, 0.1) is 12.2 Å². The monoisotopic (exact) mass is 383 g/mol. The average molecular weight is 383 g/mol. The number of aliphatic hydroxyl groups excluding tert-OH is 1. The molecule has 0 unspecified atom stereocenters. The summed E-state index contributed by atoms with van der Waals surface area (Å²) in [7, 11) is 0. The first-order chi connectivity index (χ1) is 13.3. The first kappa shape index (κ1) is 18.2. The number of hydrogen-bond acceptors (Lipinski definition) is 6. The highest BCUT2D eigenvalue weighted by atomic mass is 19.1. The third-order valence-corrected chi connectivity index (χ3v) is 4.99. The predicted molar refractivity (Wildman–Crippen MR) is 105 cm³/mol. The number of fused-ring (bicyclic) bond motifs is 2. The maximum atomic E-state index is 14.2. The zero-order chi connectivity index (χ0) is 20.1. The summed E-state index contributed by atoms with van der Waals surface area (Å²) in [5, 5.41) is 17.4. The Morgan fingerprint density at radius 3 is 3.00 bits per heavy atom. The van der Waals surface area contributed by atoms with Gasteiger partial charge in [-0.15, -0.1) is 5.10 Å². The fraction of sp³-hybridized carbons (Fsp3) is 0.300. The number of rotatable bonds is 5. The molecule has 2 atom stereocenters. The van der Waals surface area contributed by atoms with Crippen LogP contribution < -0.4 is 15.8 Å². The molecule has 0 spiro atoms. The molecule has 28 heavy (non-hydrogen) atoms. The van der Waals surface area contributed by atoms with E-state index in [-0.39, 0.29) is 17.6 Å². The molecule has 0 bridgehead atoms. The van der Waals surface area contributed by atoms with E-state index in [1.165, 1.54) is 22.8 Å². The molecule has 146 valence electrons. The van der Waals surface area contributed by atoms with Crippen LogP contribution in [0.15, 0.2) is 37.0 Å². The van der Waals surface area contributed by atoms with Gasteiger partial charge in [-0.2, -0.15) is 0 Å². The van der Waals surface area contributed by atoms with Gasteiger partial charge in [-0.05, 0) is 38.1 Å². The highest BCUT2D eigenvalue weighted by Gasteiger charge is 2.36. The fourth-order valence-electron chi connectivity index (χ4n) is 3.50. The SMILES string of the molecule is C=C(O)c1cnc2ccc(N[C@H](C)c3cc(F)cc4c3O[C@@](C)(CN)C4)nn12. The maximum absolute atomic E-state index is 14.2.